The topological polar surface area (TPSA) is 248 Å². The normalized spacial score (nSPS) is 15.4. The van der Waals surface area contributed by atoms with Crippen molar-refractivity contribution in [2.45, 2.75) is 50.0 Å². The number of hydrogen-bond donors (Lipinski definition) is 9. The van der Waals surface area contributed by atoms with E-state index in [0.717, 1.165) is 6.92 Å². The molecule has 2 rings (SSSR count). The summed E-state index contributed by atoms with van der Waals surface area (Å²) in [6.45, 7) is 0.293. The van der Waals surface area contributed by atoms with Crippen LogP contribution in [0.25, 0.3) is 0 Å². The number of carbonyl (C=O) groups is 4. The number of aliphatic hydroxyl groups excluding tert-OH is 2. The number of aromatic nitrogens is 4. The molecule has 15 heteroatoms. The number of carboxylic acids is 1. The number of H-pyrrole nitrogens is 2. The molecule has 0 saturated carbocycles. The molecule has 2 aromatic heterocycles. The first-order valence-electron chi connectivity index (χ1n) is 10.2. The molecule has 0 aliphatic carbocycles. The minimum atomic E-state index is -1.65. The van der Waals surface area contributed by atoms with Gasteiger partial charge in [0.2, 0.25) is 17.7 Å². The summed E-state index contributed by atoms with van der Waals surface area (Å²) in [7, 11) is 0. The third-order valence-corrected chi connectivity index (χ3v) is 4.81. The molecule has 0 bridgehead atoms. The minimum Gasteiger partial charge on any atom is -0.480 e. The number of carbonyl (C=O) groups excluding carboxylic acids is 3. The molecule has 3 amide bonds. The molecule has 0 aromatic carbocycles. The molecule has 0 fully saturated rings. The van der Waals surface area contributed by atoms with Crippen molar-refractivity contribution in [3.8, 4) is 0 Å². The third kappa shape index (κ3) is 7.65. The lowest BCUT2D eigenvalue weighted by atomic mass is 10.1. The standard InChI is InChI=1S/C19H28N8O7/c1-9(29)15(19(33)34)27-18(32)14(6-28)26-17(31)13(3-11-5-22-8-24-11)25-16(30)12(20)2-10-4-21-7-23-10/h4-5,7-9,12-15,28-29H,2-3,6,20H2,1H3,(H,21,23)(H,22,24)(H,25,30)(H,26,31)(H,27,32)(H,33,34). The molecule has 0 aliphatic heterocycles. The number of imidazole rings is 2. The summed E-state index contributed by atoms with van der Waals surface area (Å²) >= 11 is 0. The first-order chi connectivity index (χ1) is 16.1. The van der Waals surface area contributed by atoms with E-state index in [2.05, 4.69) is 30.6 Å². The lowest BCUT2D eigenvalue weighted by Crippen LogP contribution is -2.59. The van der Waals surface area contributed by atoms with Crippen LogP contribution in [0.5, 0.6) is 0 Å². The molecule has 10 N–H and O–H groups in total. The molecule has 34 heavy (non-hydrogen) atoms. The van der Waals surface area contributed by atoms with Gasteiger partial charge in [-0.1, -0.05) is 0 Å². The van der Waals surface area contributed by atoms with E-state index >= 15 is 0 Å². The first-order valence-corrected chi connectivity index (χ1v) is 10.2. The smallest absolute Gasteiger partial charge is 0.328 e. The van der Waals surface area contributed by atoms with Gasteiger partial charge >= 0.3 is 5.97 Å². The van der Waals surface area contributed by atoms with Gasteiger partial charge in [0.1, 0.15) is 12.1 Å². The number of aromatic amines is 2. The van der Waals surface area contributed by atoms with Crippen molar-refractivity contribution in [2.75, 3.05) is 6.61 Å². The fourth-order valence-corrected chi connectivity index (χ4v) is 2.94. The number of carboxylic acid groups (broad SMARTS) is 1. The van der Waals surface area contributed by atoms with Crippen LogP contribution in [0.2, 0.25) is 0 Å². The van der Waals surface area contributed by atoms with Crippen LogP contribution < -0.4 is 21.7 Å². The highest BCUT2D eigenvalue weighted by Gasteiger charge is 2.32. The van der Waals surface area contributed by atoms with E-state index in [0.29, 0.717) is 11.4 Å². The Balaban J connectivity index is 2.09. The highest BCUT2D eigenvalue weighted by atomic mass is 16.4. The Morgan fingerprint density at radius 2 is 1.47 bits per heavy atom. The first kappa shape index (κ1) is 26.4. The minimum absolute atomic E-state index is 0.0421. The van der Waals surface area contributed by atoms with E-state index in [9.17, 15) is 29.4 Å². The maximum absolute atomic E-state index is 12.9. The van der Waals surface area contributed by atoms with Crippen LogP contribution in [-0.4, -0.2) is 95.8 Å². The number of aliphatic hydroxyl groups is 2. The molecule has 0 saturated heterocycles. The van der Waals surface area contributed by atoms with Crippen molar-refractivity contribution in [3.05, 3.63) is 36.4 Å². The van der Waals surface area contributed by atoms with Gasteiger partial charge in [-0.2, -0.15) is 0 Å². The maximum Gasteiger partial charge on any atom is 0.328 e. The van der Waals surface area contributed by atoms with Crippen molar-refractivity contribution >= 4 is 23.7 Å². The van der Waals surface area contributed by atoms with Gasteiger partial charge in [0.25, 0.3) is 0 Å². The van der Waals surface area contributed by atoms with E-state index in [1.54, 1.807) is 0 Å². The largest absolute Gasteiger partial charge is 0.480 e. The Hall–Kier alpha value is -3.82. The summed E-state index contributed by atoms with van der Waals surface area (Å²) < 4.78 is 0. The Morgan fingerprint density at radius 1 is 0.941 bits per heavy atom. The fraction of sp³-hybridized carbons (Fsp3) is 0.474. The lowest BCUT2D eigenvalue weighted by molar-refractivity contribution is -0.145. The summed E-state index contributed by atoms with van der Waals surface area (Å²) in [5.74, 6) is -4.03. The van der Waals surface area contributed by atoms with Gasteiger partial charge in [0, 0.05) is 36.6 Å². The van der Waals surface area contributed by atoms with Crippen molar-refractivity contribution in [1.29, 1.82) is 0 Å². The Morgan fingerprint density at radius 3 is 1.94 bits per heavy atom. The number of nitrogens with two attached hydrogens (primary N) is 1. The molecular formula is C19H28N8O7. The highest BCUT2D eigenvalue weighted by Crippen LogP contribution is 2.03. The van der Waals surface area contributed by atoms with E-state index in [1.165, 1.54) is 25.0 Å². The van der Waals surface area contributed by atoms with E-state index < -0.39 is 60.6 Å². The predicted molar refractivity (Wildman–Crippen MR) is 115 cm³/mol. The van der Waals surface area contributed by atoms with Gasteiger partial charge in [-0.25, -0.2) is 14.8 Å². The third-order valence-electron chi connectivity index (χ3n) is 4.81. The van der Waals surface area contributed by atoms with Crippen molar-refractivity contribution in [3.63, 3.8) is 0 Å². The molecule has 15 nitrogen and oxygen atoms in total. The van der Waals surface area contributed by atoms with Gasteiger partial charge in [-0.15, -0.1) is 0 Å². The summed E-state index contributed by atoms with van der Waals surface area (Å²) in [5.41, 5.74) is 7.03. The zero-order valence-corrected chi connectivity index (χ0v) is 18.3. The average Bonchev–Trinajstić information content (AvgIpc) is 3.48. The zero-order chi connectivity index (χ0) is 25.3. The summed E-state index contributed by atoms with van der Waals surface area (Å²) in [4.78, 5) is 62.4. The Kier molecular flexibility index (Phi) is 9.66. The van der Waals surface area contributed by atoms with Crippen LogP contribution in [0.1, 0.15) is 18.3 Å². The number of aliphatic carboxylic acids is 1. The molecule has 0 aliphatic rings. The molecule has 0 spiro atoms. The number of amides is 3. The fourth-order valence-electron chi connectivity index (χ4n) is 2.94. The maximum atomic E-state index is 12.9. The van der Waals surface area contributed by atoms with Crippen LogP contribution in [-0.2, 0) is 32.0 Å². The van der Waals surface area contributed by atoms with Crippen LogP contribution in [0.3, 0.4) is 0 Å². The monoisotopic (exact) mass is 480 g/mol. The Bertz CT molecular complexity index is 948. The second-order valence-electron chi connectivity index (χ2n) is 7.54. The molecule has 2 aromatic rings. The van der Waals surface area contributed by atoms with E-state index in [1.807, 2.05) is 5.32 Å². The van der Waals surface area contributed by atoms with E-state index in [4.69, 9.17) is 10.8 Å². The highest BCUT2D eigenvalue weighted by molar-refractivity contribution is 5.94. The number of hydrogen-bond acceptors (Lipinski definition) is 9. The van der Waals surface area contributed by atoms with Gasteiger partial charge in [-0.05, 0) is 6.92 Å². The van der Waals surface area contributed by atoms with Gasteiger partial charge in [0.15, 0.2) is 6.04 Å². The Labute approximate surface area is 193 Å². The van der Waals surface area contributed by atoms with Crippen LogP contribution in [0.4, 0.5) is 0 Å². The molecule has 2 heterocycles. The predicted octanol–water partition coefficient (Wildman–Crippen LogP) is -3.84. The van der Waals surface area contributed by atoms with Crippen molar-refractivity contribution < 1.29 is 34.5 Å². The van der Waals surface area contributed by atoms with E-state index in [-0.39, 0.29) is 12.8 Å². The molecule has 5 atom stereocenters. The molecule has 186 valence electrons. The van der Waals surface area contributed by atoms with Crippen molar-refractivity contribution in [2.24, 2.45) is 5.73 Å². The van der Waals surface area contributed by atoms with Gasteiger partial charge in [-0.3, -0.25) is 14.4 Å². The van der Waals surface area contributed by atoms with Crippen LogP contribution in [0, 0.1) is 0 Å². The molecule has 0 radical (unpaired) electrons. The summed E-state index contributed by atoms with van der Waals surface area (Å²) in [6, 6.07) is -5.43. The zero-order valence-electron chi connectivity index (χ0n) is 18.3. The second kappa shape index (κ2) is 12.4. The van der Waals surface area contributed by atoms with Crippen molar-refractivity contribution in [1.82, 2.24) is 35.9 Å². The number of rotatable bonds is 13. The number of nitrogens with zero attached hydrogens (tertiary/aromatic N) is 2. The van der Waals surface area contributed by atoms with Gasteiger partial charge < -0.3 is 47.0 Å². The molecule has 5 unspecified atom stereocenters. The average molecular weight is 480 g/mol. The quantitative estimate of drug-likeness (QED) is 0.135. The van der Waals surface area contributed by atoms with Crippen LogP contribution in [0.15, 0.2) is 25.0 Å². The number of nitrogens with one attached hydrogen (secondary N) is 5. The molecular weight excluding hydrogens is 452 g/mol. The lowest BCUT2D eigenvalue weighted by Gasteiger charge is -2.24. The summed E-state index contributed by atoms with van der Waals surface area (Å²) in [5, 5.41) is 35.0. The second-order valence-corrected chi connectivity index (χ2v) is 7.54. The van der Waals surface area contributed by atoms with Gasteiger partial charge in [0.05, 0.1) is 31.4 Å². The SMILES string of the molecule is CC(O)C(NC(=O)C(CO)NC(=O)C(Cc1cnc[nH]1)NC(=O)C(N)Cc1cnc[nH]1)C(=O)O. The van der Waals surface area contributed by atoms with Crippen LogP contribution >= 0.6 is 0 Å². The summed E-state index contributed by atoms with van der Waals surface area (Å²) in [6.07, 6.45) is 4.40.